The Hall–Kier alpha value is -1.29. The first-order valence-electron chi connectivity index (χ1n) is 10.5. The summed E-state index contributed by atoms with van der Waals surface area (Å²) in [5, 5.41) is 0.256. The van der Waals surface area contributed by atoms with Gasteiger partial charge in [0.2, 0.25) is 6.41 Å². The molecule has 3 rings (SSSR count). The normalized spacial score (nSPS) is 20.6. The van der Waals surface area contributed by atoms with E-state index < -0.39 is 0 Å². The number of hydrogen-bond donors (Lipinski definition) is 0. The van der Waals surface area contributed by atoms with E-state index in [1.165, 1.54) is 44.6 Å². The van der Waals surface area contributed by atoms with Crippen molar-refractivity contribution in [2.45, 2.75) is 71.3 Å². The van der Waals surface area contributed by atoms with Gasteiger partial charge in [0.05, 0.1) is 10.7 Å². The van der Waals surface area contributed by atoms with Crippen molar-refractivity contribution in [3.8, 4) is 0 Å². The summed E-state index contributed by atoms with van der Waals surface area (Å²) >= 11 is 5.96. The second-order valence-corrected chi connectivity index (χ2v) is 8.28. The first-order valence-corrected chi connectivity index (χ1v) is 10.8. The van der Waals surface area contributed by atoms with Gasteiger partial charge in [-0.15, -0.1) is 0 Å². The quantitative estimate of drug-likeness (QED) is 0.578. The van der Waals surface area contributed by atoms with E-state index in [2.05, 4.69) is 18.7 Å². The Morgan fingerprint density at radius 3 is 2.59 bits per heavy atom. The molecule has 27 heavy (non-hydrogen) atoms. The van der Waals surface area contributed by atoms with Crippen LogP contribution in [0.15, 0.2) is 18.2 Å². The average molecular weight is 397 g/mol. The molecule has 1 aliphatic carbocycles. The van der Waals surface area contributed by atoms with Crippen molar-refractivity contribution in [2.24, 2.45) is 5.92 Å². The molecule has 0 N–H and O–H groups in total. The number of hydrogen-bond acceptors (Lipinski definition) is 2. The lowest BCUT2D eigenvalue weighted by atomic mass is 9.94. The molecule has 1 unspecified atom stereocenters. The second-order valence-electron chi connectivity index (χ2n) is 7.90. The van der Waals surface area contributed by atoms with Crippen molar-refractivity contribution in [3.63, 3.8) is 0 Å². The highest BCUT2D eigenvalue weighted by Gasteiger charge is 2.20. The number of piperidine rings is 1. The van der Waals surface area contributed by atoms with E-state index in [4.69, 9.17) is 11.6 Å². The van der Waals surface area contributed by atoms with Gasteiger partial charge < -0.3 is 9.80 Å². The molecule has 3 nitrogen and oxygen atoms in total. The molecule has 1 amide bonds. The SMILES string of the molecule is CC1CCCN(c2cccc(F)c2Cl)C1.CCCN(C=O)C1CCCCC1. The van der Waals surface area contributed by atoms with E-state index in [0.717, 1.165) is 44.6 Å². The van der Waals surface area contributed by atoms with Gasteiger partial charge in [0.15, 0.2) is 0 Å². The van der Waals surface area contributed by atoms with Gasteiger partial charge in [-0.2, -0.15) is 0 Å². The number of benzene rings is 1. The van der Waals surface area contributed by atoms with Crippen LogP contribution in [0, 0.1) is 11.7 Å². The molecule has 1 aromatic carbocycles. The third kappa shape index (κ3) is 6.67. The maximum Gasteiger partial charge on any atom is 0.209 e. The van der Waals surface area contributed by atoms with Crippen LogP contribution in [0.3, 0.4) is 0 Å². The maximum atomic E-state index is 13.3. The first-order chi connectivity index (χ1) is 13.1. The Labute approximate surface area is 168 Å². The van der Waals surface area contributed by atoms with Gasteiger partial charge in [0.1, 0.15) is 5.82 Å². The zero-order valence-electron chi connectivity index (χ0n) is 16.8. The fourth-order valence-corrected chi connectivity index (χ4v) is 4.38. The molecule has 0 bridgehead atoms. The van der Waals surface area contributed by atoms with Crippen molar-refractivity contribution >= 4 is 23.7 Å². The van der Waals surface area contributed by atoms with Crippen LogP contribution in [-0.4, -0.2) is 37.0 Å². The molecule has 1 saturated carbocycles. The van der Waals surface area contributed by atoms with E-state index in [9.17, 15) is 9.18 Å². The van der Waals surface area contributed by atoms with E-state index in [1.807, 2.05) is 11.0 Å². The van der Waals surface area contributed by atoms with Crippen LogP contribution in [0.25, 0.3) is 0 Å². The van der Waals surface area contributed by atoms with E-state index in [0.29, 0.717) is 12.0 Å². The number of halogens is 2. The van der Waals surface area contributed by atoms with E-state index in [1.54, 1.807) is 6.07 Å². The van der Waals surface area contributed by atoms with Crippen molar-refractivity contribution in [1.82, 2.24) is 4.90 Å². The summed E-state index contributed by atoms with van der Waals surface area (Å²) in [6, 6.07) is 5.56. The third-order valence-electron chi connectivity index (χ3n) is 5.59. The molecule has 1 aromatic rings. The highest BCUT2D eigenvalue weighted by atomic mass is 35.5. The zero-order valence-corrected chi connectivity index (χ0v) is 17.6. The topological polar surface area (TPSA) is 23.6 Å². The Morgan fingerprint density at radius 1 is 1.22 bits per heavy atom. The molecule has 2 aliphatic rings. The molecular formula is C22H34ClFN2O. The summed E-state index contributed by atoms with van der Waals surface area (Å²) in [5.41, 5.74) is 0.836. The van der Waals surface area contributed by atoms with Crippen LogP contribution in [0.2, 0.25) is 5.02 Å². The number of rotatable bonds is 5. The zero-order chi connectivity index (χ0) is 19.6. The molecule has 1 atom stereocenters. The Balaban J connectivity index is 0.000000199. The molecule has 1 heterocycles. The Kier molecular flexibility index (Phi) is 9.40. The largest absolute Gasteiger partial charge is 0.370 e. The monoisotopic (exact) mass is 396 g/mol. The van der Waals surface area contributed by atoms with Crippen molar-refractivity contribution < 1.29 is 9.18 Å². The molecule has 0 radical (unpaired) electrons. The van der Waals surface area contributed by atoms with Crippen LogP contribution in [-0.2, 0) is 4.79 Å². The molecule has 2 fully saturated rings. The average Bonchev–Trinajstić information content (AvgIpc) is 2.69. The lowest BCUT2D eigenvalue weighted by Crippen LogP contribution is -2.36. The number of carbonyl (C=O) groups is 1. The number of amides is 1. The molecule has 0 spiro atoms. The molecular weight excluding hydrogens is 363 g/mol. The van der Waals surface area contributed by atoms with Gasteiger partial charge >= 0.3 is 0 Å². The minimum Gasteiger partial charge on any atom is -0.370 e. The fourth-order valence-electron chi connectivity index (χ4n) is 4.14. The maximum absolute atomic E-state index is 13.3. The summed E-state index contributed by atoms with van der Waals surface area (Å²) in [6.07, 6.45) is 10.9. The number of carbonyl (C=O) groups excluding carboxylic acids is 1. The van der Waals surface area contributed by atoms with Crippen molar-refractivity contribution in [2.75, 3.05) is 24.5 Å². The molecule has 5 heteroatoms. The Morgan fingerprint density at radius 2 is 1.96 bits per heavy atom. The van der Waals surface area contributed by atoms with Gasteiger partial charge in [0, 0.05) is 25.7 Å². The van der Waals surface area contributed by atoms with E-state index in [-0.39, 0.29) is 10.8 Å². The molecule has 1 aliphatic heterocycles. The first kappa shape index (κ1) is 22.0. The van der Waals surface area contributed by atoms with Gasteiger partial charge in [-0.05, 0) is 50.2 Å². The van der Waals surface area contributed by atoms with Crippen molar-refractivity contribution in [1.29, 1.82) is 0 Å². The third-order valence-corrected chi connectivity index (χ3v) is 5.96. The number of nitrogens with zero attached hydrogens (tertiary/aromatic N) is 2. The molecule has 0 aromatic heterocycles. The highest BCUT2D eigenvalue weighted by molar-refractivity contribution is 6.33. The van der Waals surface area contributed by atoms with Crippen molar-refractivity contribution in [3.05, 3.63) is 29.0 Å². The van der Waals surface area contributed by atoms with Crippen LogP contribution in [0.5, 0.6) is 0 Å². The van der Waals surface area contributed by atoms with Gasteiger partial charge in [-0.1, -0.05) is 50.8 Å². The highest BCUT2D eigenvalue weighted by Crippen LogP contribution is 2.31. The minimum atomic E-state index is -0.326. The predicted molar refractivity (Wildman–Crippen MR) is 112 cm³/mol. The van der Waals surface area contributed by atoms with Gasteiger partial charge in [-0.3, -0.25) is 4.79 Å². The Bertz CT molecular complexity index is 577. The fraction of sp³-hybridized carbons (Fsp3) is 0.682. The van der Waals surface area contributed by atoms with Crippen LogP contribution in [0.1, 0.15) is 65.2 Å². The summed E-state index contributed by atoms with van der Waals surface area (Å²) < 4.78 is 13.3. The second kappa shape index (κ2) is 11.5. The summed E-state index contributed by atoms with van der Waals surface area (Å²) in [6.45, 7) is 7.24. The van der Waals surface area contributed by atoms with Crippen LogP contribution in [0.4, 0.5) is 10.1 Å². The summed E-state index contributed by atoms with van der Waals surface area (Å²) in [4.78, 5) is 14.9. The standard InChI is InChI=1S/C12H15ClFN.C10H19NO/c1-9-4-3-7-15(8-9)11-6-2-5-10(14)12(11)13;1-2-8-11(9-12)10-6-4-3-5-7-10/h2,5-6,9H,3-4,7-8H2,1H3;9-10H,2-8H2,1H3. The number of anilines is 1. The summed E-state index contributed by atoms with van der Waals surface area (Å²) in [5.74, 6) is 0.338. The minimum absolute atomic E-state index is 0.256. The summed E-state index contributed by atoms with van der Waals surface area (Å²) in [7, 11) is 0. The predicted octanol–water partition coefficient (Wildman–Crippen LogP) is 5.90. The van der Waals surface area contributed by atoms with Gasteiger partial charge in [-0.25, -0.2) is 4.39 Å². The van der Waals surface area contributed by atoms with Gasteiger partial charge in [0.25, 0.3) is 0 Å². The lowest BCUT2D eigenvalue weighted by molar-refractivity contribution is -0.120. The lowest BCUT2D eigenvalue weighted by Gasteiger charge is -2.33. The van der Waals surface area contributed by atoms with Crippen LogP contribution >= 0.6 is 11.6 Å². The van der Waals surface area contributed by atoms with Crippen LogP contribution < -0.4 is 4.90 Å². The van der Waals surface area contributed by atoms with E-state index >= 15 is 0 Å². The smallest absolute Gasteiger partial charge is 0.209 e. The molecule has 152 valence electrons. The molecule has 1 saturated heterocycles.